The smallest absolute Gasteiger partial charge is 0.324 e. The van der Waals surface area contributed by atoms with Gasteiger partial charge in [0.2, 0.25) is 0 Å². The second-order valence-electron chi connectivity index (χ2n) is 3.19. The van der Waals surface area contributed by atoms with Crippen molar-refractivity contribution in [3.63, 3.8) is 0 Å². The summed E-state index contributed by atoms with van der Waals surface area (Å²) in [5.74, 6) is 0. The van der Waals surface area contributed by atoms with Gasteiger partial charge in [0, 0.05) is 0 Å². The average Bonchev–Trinajstić information content (AvgIpc) is 2.91. The molecule has 0 saturated carbocycles. The summed E-state index contributed by atoms with van der Waals surface area (Å²) in [7, 11) is 1.97. The topological polar surface area (TPSA) is 12.0 Å². The van der Waals surface area contributed by atoms with Gasteiger partial charge < -0.3 is 5.32 Å². The molecular weight excluding hydrogens is 226 g/mol. The molecule has 1 nitrogen and oxygen atoms in total. The fraction of sp³-hybridized carbons (Fsp3) is 0.231. The van der Waals surface area contributed by atoms with Gasteiger partial charge in [-0.1, -0.05) is 6.92 Å². The Morgan fingerprint density at radius 1 is 1.07 bits per heavy atom. The predicted molar refractivity (Wildman–Crippen MR) is 61.5 cm³/mol. The Kier molecular flexibility index (Phi) is 8.02. The average molecular weight is 243 g/mol. The van der Waals surface area contributed by atoms with Gasteiger partial charge in [0.1, 0.15) is 0 Å². The summed E-state index contributed by atoms with van der Waals surface area (Å²) in [5.41, 5.74) is 1.36. The molecule has 0 unspecified atom stereocenters. The largest absolute Gasteiger partial charge is 2.00 e. The van der Waals surface area contributed by atoms with Gasteiger partial charge in [-0.05, 0) is 13.1 Å². The van der Waals surface area contributed by atoms with E-state index in [1.165, 1.54) is 5.56 Å². The second-order valence-corrected chi connectivity index (χ2v) is 3.19. The summed E-state index contributed by atoms with van der Waals surface area (Å²) in [4.78, 5) is 0. The normalized spacial score (nSPS) is 10.8. The zero-order chi connectivity index (χ0) is 10.2. The third kappa shape index (κ3) is 5.58. The first-order valence-corrected chi connectivity index (χ1v) is 4.90. The van der Waals surface area contributed by atoms with Crippen molar-refractivity contribution in [3.05, 3.63) is 60.2 Å². The van der Waals surface area contributed by atoms with Gasteiger partial charge in [0.15, 0.2) is 0 Å². The van der Waals surface area contributed by atoms with Crippen LogP contribution < -0.4 is 5.32 Å². The molecule has 0 aliphatic rings. The zero-order valence-electron chi connectivity index (χ0n) is 9.13. The van der Waals surface area contributed by atoms with Crippen LogP contribution in [0.15, 0.2) is 54.6 Å². The van der Waals surface area contributed by atoms with E-state index in [0.29, 0.717) is 6.04 Å². The minimum absolute atomic E-state index is 0. The Balaban J connectivity index is 0.000000280. The summed E-state index contributed by atoms with van der Waals surface area (Å²) < 4.78 is 0. The van der Waals surface area contributed by atoms with E-state index in [-0.39, 0.29) is 17.1 Å². The van der Waals surface area contributed by atoms with E-state index >= 15 is 0 Å². The quantitative estimate of drug-likeness (QED) is 0.631. The number of hydrogen-bond donors (Lipinski definition) is 1. The number of rotatable bonds is 2. The Labute approximate surface area is 103 Å². The SMILES string of the molecule is CN[C@H](C)[c-]1cccc1.[Fe+2].c1cc[cH-]c1. The fourth-order valence-corrected chi connectivity index (χ4v) is 1.16. The third-order valence-electron chi connectivity index (χ3n) is 2.18. The molecule has 0 bridgehead atoms. The van der Waals surface area contributed by atoms with Gasteiger partial charge in [0.25, 0.3) is 0 Å². The molecule has 0 aliphatic carbocycles. The molecule has 0 saturated heterocycles. The van der Waals surface area contributed by atoms with Crippen molar-refractivity contribution < 1.29 is 17.1 Å². The molecule has 2 rings (SSSR count). The minimum atomic E-state index is 0. The van der Waals surface area contributed by atoms with Crippen LogP contribution in [0.1, 0.15) is 18.5 Å². The van der Waals surface area contributed by atoms with E-state index in [1.54, 1.807) is 0 Å². The van der Waals surface area contributed by atoms with Gasteiger partial charge in [0.05, 0.1) is 0 Å². The van der Waals surface area contributed by atoms with E-state index < -0.39 is 0 Å². The third-order valence-corrected chi connectivity index (χ3v) is 2.18. The maximum absolute atomic E-state index is 3.17. The van der Waals surface area contributed by atoms with Crippen molar-refractivity contribution in [1.82, 2.24) is 5.32 Å². The summed E-state index contributed by atoms with van der Waals surface area (Å²) in [6.45, 7) is 2.15. The van der Waals surface area contributed by atoms with E-state index in [4.69, 9.17) is 0 Å². The van der Waals surface area contributed by atoms with Crippen LogP contribution >= 0.6 is 0 Å². The summed E-state index contributed by atoms with van der Waals surface area (Å²) in [6, 6.07) is 18.9. The van der Waals surface area contributed by atoms with Crippen molar-refractivity contribution in [2.45, 2.75) is 13.0 Å². The summed E-state index contributed by atoms with van der Waals surface area (Å²) >= 11 is 0. The predicted octanol–water partition coefficient (Wildman–Crippen LogP) is 3.09. The molecule has 82 valence electrons. The molecule has 15 heavy (non-hydrogen) atoms. The van der Waals surface area contributed by atoms with Gasteiger partial charge in [-0.2, -0.15) is 30.3 Å². The molecule has 1 atom stereocenters. The van der Waals surface area contributed by atoms with Gasteiger partial charge >= 0.3 is 17.1 Å². The van der Waals surface area contributed by atoms with Gasteiger partial charge in [-0.15, -0.1) is 5.56 Å². The van der Waals surface area contributed by atoms with Gasteiger partial charge in [-0.25, -0.2) is 24.3 Å². The molecule has 2 heteroatoms. The number of nitrogens with one attached hydrogen (secondary N) is 1. The maximum atomic E-state index is 3.17. The minimum Gasteiger partial charge on any atom is -0.324 e. The van der Waals surface area contributed by atoms with Crippen LogP contribution in [0.3, 0.4) is 0 Å². The molecule has 0 fully saturated rings. The maximum Gasteiger partial charge on any atom is 2.00 e. The van der Waals surface area contributed by atoms with Crippen LogP contribution in [0.25, 0.3) is 0 Å². The molecule has 0 amide bonds. The van der Waals surface area contributed by atoms with Crippen LogP contribution in [0, 0.1) is 0 Å². The van der Waals surface area contributed by atoms with Crippen molar-refractivity contribution in [3.8, 4) is 0 Å². The van der Waals surface area contributed by atoms with Crippen LogP contribution in [0.2, 0.25) is 0 Å². The van der Waals surface area contributed by atoms with Crippen LogP contribution in [-0.2, 0) is 17.1 Å². The Morgan fingerprint density at radius 2 is 1.60 bits per heavy atom. The molecule has 2 aromatic rings. The molecule has 0 spiro atoms. The molecule has 0 aromatic heterocycles. The Hall–Kier alpha value is -0.821. The van der Waals surface area contributed by atoms with Crippen LogP contribution in [-0.4, -0.2) is 7.05 Å². The van der Waals surface area contributed by atoms with Crippen molar-refractivity contribution >= 4 is 0 Å². The Morgan fingerprint density at radius 3 is 1.93 bits per heavy atom. The number of hydrogen-bond acceptors (Lipinski definition) is 1. The van der Waals surface area contributed by atoms with Crippen molar-refractivity contribution in [1.29, 1.82) is 0 Å². The fourth-order valence-electron chi connectivity index (χ4n) is 1.16. The van der Waals surface area contributed by atoms with E-state index in [1.807, 2.05) is 37.4 Å². The molecule has 0 radical (unpaired) electrons. The van der Waals surface area contributed by atoms with Crippen molar-refractivity contribution in [2.24, 2.45) is 0 Å². The van der Waals surface area contributed by atoms with Crippen LogP contribution in [0.5, 0.6) is 0 Å². The van der Waals surface area contributed by atoms with Gasteiger partial charge in [-0.3, -0.25) is 0 Å². The van der Waals surface area contributed by atoms with E-state index in [2.05, 4.69) is 36.5 Å². The molecule has 2 aromatic carbocycles. The Bertz CT molecular complexity index is 280. The first-order valence-electron chi connectivity index (χ1n) is 4.90. The summed E-state index contributed by atoms with van der Waals surface area (Å²) in [6.07, 6.45) is 0. The molecule has 0 heterocycles. The molecule has 0 aliphatic heterocycles. The standard InChI is InChI=1S/C8H12N.C5H5.Fe/c1-7(9-2)8-5-3-4-6-8;1-2-4-5-3-1;/h3-7,9H,1-2H3;1-5H;/q2*-1;+2/t7-;;/m1../s1. The summed E-state index contributed by atoms with van der Waals surface area (Å²) in [5, 5.41) is 3.17. The first-order chi connectivity index (χ1) is 6.84. The first kappa shape index (κ1) is 14.2. The monoisotopic (exact) mass is 243 g/mol. The molecule has 1 N–H and O–H groups in total. The van der Waals surface area contributed by atoms with Crippen molar-refractivity contribution in [2.75, 3.05) is 7.05 Å². The van der Waals surface area contributed by atoms with E-state index in [9.17, 15) is 0 Å². The molecular formula is C13H17FeN. The second kappa shape index (κ2) is 8.48. The zero-order valence-corrected chi connectivity index (χ0v) is 10.2. The van der Waals surface area contributed by atoms with E-state index in [0.717, 1.165) is 0 Å². The van der Waals surface area contributed by atoms with Crippen LogP contribution in [0.4, 0.5) is 0 Å².